The number of amides is 1. The molecule has 0 spiro atoms. The van der Waals surface area contributed by atoms with E-state index in [9.17, 15) is 4.79 Å². The van der Waals surface area contributed by atoms with Crippen LogP contribution in [0.5, 0.6) is 0 Å². The molecule has 1 heterocycles. The third-order valence-corrected chi connectivity index (χ3v) is 3.76. The van der Waals surface area contributed by atoms with E-state index < -0.39 is 0 Å². The van der Waals surface area contributed by atoms with Crippen molar-refractivity contribution in [2.45, 2.75) is 27.2 Å². The number of aromatic nitrogens is 1. The molecule has 4 heteroatoms. The summed E-state index contributed by atoms with van der Waals surface area (Å²) in [5, 5.41) is 2.98. The van der Waals surface area contributed by atoms with Crippen LogP contribution in [-0.2, 0) is 6.42 Å². The monoisotopic (exact) mass is 297 g/mol. The molecule has 116 valence electrons. The highest BCUT2D eigenvalue weighted by molar-refractivity contribution is 6.04. The molecule has 0 aliphatic carbocycles. The fourth-order valence-electron chi connectivity index (χ4n) is 2.46. The molecule has 0 aliphatic rings. The van der Waals surface area contributed by atoms with Gasteiger partial charge < -0.3 is 10.2 Å². The molecule has 4 nitrogen and oxygen atoms in total. The second-order valence-electron chi connectivity index (χ2n) is 5.07. The summed E-state index contributed by atoms with van der Waals surface area (Å²) in [4.78, 5) is 18.8. The van der Waals surface area contributed by atoms with Gasteiger partial charge >= 0.3 is 0 Å². The lowest BCUT2D eigenvalue weighted by Crippen LogP contribution is -2.22. The molecular formula is C18H23N3O. The van der Waals surface area contributed by atoms with Crippen LogP contribution in [0.1, 0.15) is 36.7 Å². The number of carbonyl (C=O) groups excluding carboxylic acids is 1. The number of aryl methyl sites for hydroxylation is 1. The molecule has 1 aromatic heterocycles. The van der Waals surface area contributed by atoms with Gasteiger partial charge in [-0.3, -0.25) is 9.78 Å². The Morgan fingerprint density at radius 1 is 1.14 bits per heavy atom. The highest BCUT2D eigenvalue weighted by Crippen LogP contribution is 2.18. The Morgan fingerprint density at radius 2 is 1.86 bits per heavy atom. The topological polar surface area (TPSA) is 45.2 Å². The lowest BCUT2D eigenvalue weighted by molar-refractivity contribution is 0.102. The average Bonchev–Trinajstić information content (AvgIpc) is 2.57. The van der Waals surface area contributed by atoms with E-state index >= 15 is 0 Å². The molecular weight excluding hydrogens is 274 g/mol. The number of pyridine rings is 1. The van der Waals surface area contributed by atoms with Crippen molar-refractivity contribution in [3.05, 3.63) is 53.9 Å². The third-order valence-electron chi connectivity index (χ3n) is 3.76. The van der Waals surface area contributed by atoms with Gasteiger partial charge in [-0.05, 0) is 38.0 Å². The first kappa shape index (κ1) is 16.0. The number of benzene rings is 1. The lowest BCUT2D eigenvalue weighted by atomic mass is 10.1. The number of carbonyl (C=O) groups is 1. The van der Waals surface area contributed by atoms with Crippen molar-refractivity contribution in [1.82, 2.24) is 4.98 Å². The Labute approximate surface area is 132 Å². The summed E-state index contributed by atoms with van der Waals surface area (Å²) in [6.45, 7) is 8.04. The number of anilines is 2. The van der Waals surface area contributed by atoms with Gasteiger partial charge in [-0.25, -0.2) is 0 Å². The van der Waals surface area contributed by atoms with Crippen molar-refractivity contribution in [1.29, 1.82) is 0 Å². The Kier molecular flexibility index (Phi) is 5.53. The first-order chi connectivity index (χ1) is 10.7. The minimum absolute atomic E-state index is 0.123. The van der Waals surface area contributed by atoms with E-state index in [4.69, 9.17) is 0 Å². The Balaban J connectivity index is 2.21. The lowest BCUT2D eigenvalue weighted by Gasteiger charge is -2.21. The van der Waals surface area contributed by atoms with Crippen LogP contribution >= 0.6 is 0 Å². The quantitative estimate of drug-likeness (QED) is 0.883. The maximum absolute atomic E-state index is 12.5. The molecule has 2 rings (SSSR count). The first-order valence-corrected chi connectivity index (χ1v) is 7.78. The highest BCUT2D eigenvalue weighted by Gasteiger charge is 2.11. The molecule has 0 fully saturated rings. The van der Waals surface area contributed by atoms with Crippen molar-refractivity contribution in [2.24, 2.45) is 0 Å². The molecule has 0 atom stereocenters. The third kappa shape index (κ3) is 3.64. The van der Waals surface area contributed by atoms with Crippen molar-refractivity contribution < 1.29 is 4.79 Å². The van der Waals surface area contributed by atoms with E-state index in [0.29, 0.717) is 5.56 Å². The summed E-state index contributed by atoms with van der Waals surface area (Å²) in [6.07, 6.45) is 4.29. The van der Waals surface area contributed by atoms with Crippen LogP contribution in [-0.4, -0.2) is 24.0 Å². The molecule has 0 saturated heterocycles. The average molecular weight is 297 g/mol. The Hall–Kier alpha value is -2.36. The largest absolute Gasteiger partial charge is 0.371 e. The van der Waals surface area contributed by atoms with Crippen LogP contribution in [0, 0.1) is 0 Å². The van der Waals surface area contributed by atoms with E-state index in [1.54, 1.807) is 12.4 Å². The second kappa shape index (κ2) is 7.59. The minimum atomic E-state index is -0.123. The maximum atomic E-state index is 12.5. The molecule has 0 unspecified atom stereocenters. The van der Waals surface area contributed by atoms with Gasteiger partial charge in [0.1, 0.15) is 0 Å². The van der Waals surface area contributed by atoms with Crippen molar-refractivity contribution in [3.8, 4) is 0 Å². The molecule has 22 heavy (non-hydrogen) atoms. The number of hydrogen-bond acceptors (Lipinski definition) is 3. The molecule has 1 aromatic carbocycles. The second-order valence-corrected chi connectivity index (χ2v) is 5.07. The normalized spacial score (nSPS) is 10.3. The van der Waals surface area contributed by atoms with Gasteiger partial charge in [0, 0.05) is 25.0 Å². The van der Waals surface area contributed by atoms with Gasteiger partial charge in [-0.15, -0.1) is 0 Å². The van der Waals surface area contributed by atoms with Gasteiger partial charge in [-0.1, -0.05) is 25.1 Å². The molecule has 0 radical (unpaired) electrons. The van der Waals surface area contributed by atoms with E-state index in [2.05, 4.69) is 36.0 Å². The van der Waals surface area contributed by atoms with Gasteiger partial charge in [-0.2, -0.15) is 0 Å². The standard InChI is InChI=1S/C18H23N3O/c1-4-14-9-7-8-10-17(14)20-18(22)15-11-16(13-19-12-15)21(5-2)6-3/h7-13H,4-6H2,1-3H3,(H,20,22). The van der Waals surface area contributed by atoms with Crippen LogP contribution in [0.2, 0.25) is 0 Å². The van der Waals surface area contributed by atoms with Crippen LogP contribution in [0.4, 0.5) is 11.4 Å². The summed E-state index contributed by atoms with van der Waals surface area (Å²) in [5.74, 6) is -0.123. The highest BCUT2D eigenvalue weighted by atomic mass is 16.1. The minimum Gasteiger partial charge on any atom is -0.371 e. The molecule has 1 amide bonds. The van der Waals surface area contributed by atoms with Crippen LogP contribution < -0.4 is 10.2 Å². The molecule has 2 aromatic rings. The zero-order valence-corrected chi connectivity index (χ0v) is 13.5. The predicted molar refractivity (Wildman–Crippen MR) is 91.6 cm³/mol. The zero-order valence-electron chi connectivity index (χ0n) is 13.5. The van der Waals surface area contributed by atoms with Crippen LogP contribution in [0.15, 0.2) is 42.7 Å². The predicted octanol–water partition coefficient (Wildman–Crippen LogP) is 3.74. The molecule has 1 N–H and O–H groups in total. The Bertz CT molecular complexity index is 636. The van der Waals surface area contributed by atoms with Gasteiger partial charge in [0.2, 0.25) is 0 Å². The van der Waals surface area contributed by atoms with Gasteiger partial charge in [0.05, 0.1) is 17.4 Å². The zero-order chi connectivity index (χ0) is 15.9. The summed E-state index contributed by atoms with van der Waals surface area (Å²) in [6, 6.07) is 9.76. The van der Waals surface area contributed by atoms with E-state index in [1.165, 1.54) is 0 Å². The van der Waals surface area contributed by atoms with Crippen LogP contribution in [0.3, 0.4) is 0 Å². The van der Waals surface area contributed by atoms with Crippen molar-refractivity contribution in [3.63, 3.8) is 0 Å². The van der Waals surface area contributed by atoms with Gasteiger partial charge in [0.25, 0.3) is 5.91 Å². The van der Waals surface area contributed by atoms with E-state index in [1.807, 2.05) is 30.3 Å². The summed E-state index contributed by atoms with van der Waals surface area (Å²) in [5.41, 5.74) is 3.55. The number of nitrogens with zero attached hydrogens (tertiary/aromatic N) is 2. The summed E-state index contributed by atoms with van der Waals surface area (Å²) >= 11 is 0. The first-order valence-electron chi connectivity index (χ1n) is 7.78. The molecule has 0 bridgehead atoms. The Morgan fingerprint density at radius 3 is 2.55 bits per heavy atom. The number of rotatable bonds is 6. The smallest absolute Gasteiger partial charge is 0.257 e. The van der Waals surface area contributed by atoms with Crippen molar-refractivity contribution in [2.75, 3.05) is 23.3 Å². The molecule has 0 saturated carbocycles. The number of hydrogen-bond donors (Lipinski definition) is 1. The van der Waals surface area contributed by atoms with Gasteiger partial charge in [0.15, 0.2) is 0 Å². The van der Waals surface area contributed by atoms with E-state index in [-0.39, 0.29) is 5.91 Å². The number of nitrogens with one attached hydrogen (secondary N) is 1. The SMILES string of the molecule is CCc1ccccc1NC(=O)c1cncc(N(CC)CC)c1. The van der Waals surface area contributed by atoms with Crippen LogP contribution in [0.25, 0.3) is 0 Å². The summed E-state index contributed by atoms with van der Waals surface area (Å²) < 4.78 is 0. The number of para-hydroxylation sites is 1. The molecule has 0 aliphatic heterocycles. The fraction of sp³-hybridized carbons (Fsp3) is 0.333. The van der Waals surface area contributed by atoms with Crippen molar-refractivity contribution >= 4 is 17.3 Å². The fourth-order valence-corrected chi connectivity index (χ4v) is 2.46. The maximum Gasteiger partial charge on any atom is 0.257 e. The van der Waals surface area contributed by atoms with E-state index in [0.717, 1.165) is 36.4 Å². The summed E-state index contributed by atoms with van der Waals surface area (Å²) in [7, 11) is 0.